The molecule has 0 saturated heterocycles. The van der Waals surface area contributed by atoms with Gasteiger partial charge in [-0.25, -0.2) is 0 Å². The molecular formula is C32H23N. The third kappa shape index (κ3) is 3.75. The Bertz CT molecular complexity index is 1570. The van der Waals surface area contributed by atoms with Crippen LogP contribution in [0.3, 0.4) is 0 Å². The highest BCUT2D eigenvalue weighted by Crippen LogP contribution is 2.37. The van der Waals surface area contributed by atoms with Gasteiger partial charge in [0.05, 0.1) is 0 Å². The summed E-state index contributed by atoms with van der Waals surface area (Å²) in [6.07, 6.45) is 0. The van der Waals surface area contributed by atoms with E-state index in [-0.39, 0.29) is 0 Å². The molecule has 156 valence electrons. The van der Waals surface area contributed by atoms with Crippen LogP contribution in [0.15, 0.2) is 133 Å². The highest BCUT2D eigenvalue weighted by atomic mass is 14.9. The van der Waals surface area contributed by atoms with Gasteiger partial charge in [0.2, 0.25) is 0 Å². The molecule has 1 heteroatoms. The summed E-state index contributed by atoms with van der Waals surface area (Å²) in [4.78, 5) is 0. The smallest absolute Gasteiger partial charge is 0.0390 e. The Morgan fingerprint density at radius 3 is 1.85 bits per heavy atom. The van der Waals surface area contributed by atoms with Crippen molar-refractivity contribution in [2.45, 2.75) is 0 Å². The Morgan fingerprint density at radius 2 is 1.03 bits per heavy atom. The van der Waals surface area contributed by atoms with Gasteiger partial charge in [-0.1, -0.05) is 103 Å². The molecule has 6 rings (SSSR count). The SMILES string of the molecule is c1ccc(Nc2ccc(-c3ccc4ccc5ccccc5c4c3)c(-c3ccccc3)c2)cc1. The molecule has 1 N–H and O–H groups in total. The fourth-order valence-electron chi connectivity index (χ4n) is 4.59. The van der Waals surface area contributed by atoms with Crippen molar-refractivity contribution in [2.75, 3.05) is 5.32 Å². The second kappa shape index (κ2) is 8.29. The van der Waals surface area contributed by atoms with Crippen molar-refractivity contribution in [1.29, 1.82) is 0 Å². The standard InChI is InChI=1S/C32H23N/c1-3-9-23(10-4-1)32-22-28(33-27-12-5-2-6-13-27)19-20-30(32)26-18-17-25-16-15-24-11-7-8-14-29(24)31(25)21-26/h1-22,33H. The Labute approximate surface area is 194 Å². The third-order valence-electron chi connectivity index (χ3n) is 6.22. The van der Waals surface area contributed by atoms with Gasteiger partial charge in [-0.3, -0.25) is 0 Å². The summed E-state index contributed by atoms with van der Waals surface area (Å²) in [6.45, 7) is 0. The molecule has 0 aliphatic rings. The lowest BCUT2D eigenvalue weighted by molar-refractivity contribution is 1.53. The van der Waals surface area contributed by atoms with Crippen LogP contribution in [0.5, 0.6) is 0 Å². The van der Waals surface area contributed by atoms with Crippen molar-refractivity contribution < 1.29 is 0 Å². The van der Waals surface area contributed by atoms with Gasteiger partial charge in [0, 0.05) is 11.4 Å². The van der Waals surface area contributed by atoms with Crippen molar-refractivity contribution in [2.24, 2.45) is 0 Å². The molecule has 0 bridgehead atoms. The minimum Gasteiger partial charge on any atom is -0.356 e. The van der Waals surface area contributed by atoms with E-state index in [4.69, 9.17) is 0 Å². The number of benzene rings is 6. The summed E-state index contributed by atoms with van der Waals surface area (Å²) in [6, 6.07) is 47.5. The second-order valence-electron chi connectivity index (χ2n) is 8.34. The molecule has 0 heterocycles. The summed E-state index contributed by atoms with van der Waals surface area (Å²) >= 11 is 0. The first-order chi connectivity index (χ1) is 16.3. The van der Waals surface area contributed by atoms with Crippen LogP contribution in [0.4, 0.5) is 11.4 Å². The lowest BCUT2D eigenvalue weighted by atomic mass is 9.91. The van der Waals surface area contributed by atoms with Crippen LogP contribution >= 0.6 is 0 Å². The Kier molecular flexibility index (Phi) is 4.86. The van der Waals surface area contributed by atoms with Crippen LogP contribution in [-0.2, 0) is 0 Å². The predicted molar refractivity (Wildman–Crippen MR) is 142 cm³/mol. The number of hydrogen-bond donors (Lipinski definition) is 1. The quantitative estimate of drug-likeness (QED) is 0.280. The first kappa shape index (κ1) is 19.3. The molecule has 0 fully saturated rings. The summed E-state index contributed by atoms with van der Waals surface area (Å²) in [5.74, 6) is 0. The Balaban J connectivity index is 1.52. The number of anilines is 2. The van der Waals surface area contributed by atoms with Crippen LogP contribution in [0, 0.1) is 0 Å². The van der Waals surface area contributed by atoms with Gasteiger partial charge in [0.25, 0.3) is 0 Å². The molecule has 0 amide bonds. The van der Waals surface area contributed by atoms with E-state index in [1.54, 1.807) is 0 Å². The summed E-state index contributed by atoms with van der Waals surface area (Å²) in [5.41, 5.74) is 7.05. The Morgan fingerprint density at radius 1 is 0.364 bits per heavy atom. The fraction of sp³-hybridized carbons (Fsp3) is 0. The highest BCUT2D eigenvalue weighted by Gasteiger charge is 2.11. The maximum Gasteiger partial charge on any atom is 0.0390 e. The highest BCUT2D eigenvalue weighted by molar-refractivity contribution is 6.09. The van der Waals surface area contributed by atoms with E-state index in [9.17, 15) is 0 Å². The molecule has 6 aromatic carbocycles. The molecule has 0 saturated carbocycles. The number of rotatable bonds is 4. The molecule has 0 aliphatic carbocycles. The fourth-order valence-corrected chi connectivity index (χ4v) is 4.59. The van der Waals surface area contributed by atoms with E-state index in [1.165, 1.54) is 43.8 Å². The van der Waals surface area contributed by atoms with Crippen LogP contribution < -0.4 is 5.32 Å². The third-order valence-corrected chi connectivity index (χ3v) is 6.22. The summed E-state index contributed by atoms with van der Waals surface area (Å²) in [7, 11) is 0. The molecule has 0 spiro atoms. The number of para-hydroxylation sites is 1. The molecular weight excluding hydrogens is 398 g/mol. The lowest BCUT2D eigenvalue weighted by Gasteiger charge is -2.15. The topological polar surface area (TPSA) is 12.0 Å². The molecule has 0 atom stereocenters. The maximum atomic E-state index is 3.55. The zero-order valence-electron chi connectivity index (χ0n) is 18.2. The maximum absolute atomic E-state index is 3.55. The zero-order chi connectivity index (χ0) is 22.0. The van der Waals surface area contributed by atoms with Gasteiger partial charge < -0.3 is 5.32 Å². The van der Waals surface area contributed by atoms with E-state index < -0.39 is 0 Å². The molecule has 1 nitrogen and oxygen atoms in total. The van der Waals surface area contributed by atoms with Crippen LogP contribution in [-0.4, -0.2) is 0 Å². The van der Waals surface area contributed by atoms with E-state index in [2.05, 4.69) is 121 Å². The molecule has 0 unspecified atom stereocenters. The molecule has 6 aromatic rings. The van der Waals surface area contributed by atoms with Gasteiger partial charge >= 0.3 is 0 Å². The van der Waals surface area contributed by atoms with E-state index >= 15 is 0 Å². The minimum absolute atomic E-state index is 1.08. The van der Waals surface area contributed by atoms with Crippen LogP contribution in [0.25, 0.3) is 43.8 Å². The van der Waals surface area contributed by atoms with Crippen LogP contribution in [0.1, 0.15) is 0 Å². The van der Waals surface area contributed by atoms with Gasteiger partial charge in [-0.2, -0.15) is 0 Å². The van der Waals surface area contributed by atoms with Crippen molar-refractivity contribution in [3.8, 4) is 22.3 Å². The Hall–Kier alpha value is -4.36. The number of hydrogen-bond acceptors (Lipinski definition) is 1. The van der Waals surface area contributed by atoms with Gasteiger partial charge in [0.1, 0.15) is 0 Å². The first-order valence-electron chi connectivity index (χ1n) is 11.3. The van der Waals surface area contributed by atoms with Crippen molar-refractivity contribution in [1.82, 2.24) is 0 Å². The zero-order valence-corrected chi connectivity index (χ0v) is 18.2. The van der Waals surface area contributed by atoms with Crippen molar-refractivity contribution in [3.63, 3.8) is 0 Å². The average Bonchev–Trinajstić information content (AvgIpc) is 2.89. The minimum atomic E-state index is 1.08. The normalized spacial score (nSPS) is 11.0. The van der Waals surface area contributed by atoms with E-state index in [0.717, 1.165) is 11.4 Å². The number of fused-ring (bicyclic) bond motifs is 3. The van der Waals surface area contributed by atoms with Gasteiger partial charge in [-0.05, 0) is 74.1 Å². The monoisotopic (exact) mass is 421 g/mol. The van der Waals surface area contributed by atoms with E-state index in [1.807, 2.05) is 18.2 Å². The molecule has 0 aromatic heterocycles. The van der Waals surface area contributed by atoms with Crippen molar-refractivity contribution in [3.05, 3.63) is 133 Å². The molecule has 0 radical (unpaired) electrons. The van der Waals surface area contributed by atoms with E-state index in [0.29, 0.717) is 0 Å². The van der Waals surface area contributed by atoms with Gasteiger partial charge in [-0.15, -0.1) is 0 Å². The molecule has 33 heavy (non-hydrogen) atoms. The predicted octanol–water partition coefficient (Wildman–Crippen LogP) is 9.07. The number of nitrogens with one attached hydrogen (secondary N) is 1. The molecule has 0 aliphatic heterocycles. The lowest BCUT2D eigenvalue weighted by Crippen LogP contribution is -1.92. The van der Waals surface area contributed by atoms with Gasteiger partial charge in [0.15, 0.2) is 0 Å². The second-order valence-corrected chi connectivity index (χ2v) is 8.34. The van der Waals surface area contributed by atoms with Crippen molar-refractivity contribution >= 4 is 32.9 Å². The average molecular weight is 422 g/mol. The summed E-state index contributed by atoms with van der Waals surface area (Å²) < 4.78 is 0. The summed E-state index contributed by atoms with van der Waals surface area (Å²) in [5, 5.41) is 8.66. The van der Waals surface area contributed by atoms with Crippen LogP contribution in [0.2, 0.25) is 0 Å². The largest absolute Gasteiger partial charge is 0.356 e. The first-order valence-corrected chi connectivity index (χ1v) is 11.3.